The molecule has 3 unspecified atom stereocenters. The lowest BCUT2D eigenvalue weighted by molar-refractivity contribution is 0.155. The number of nitrogens with zero attached hydrogens (tertiary/aromatic N) is 2. The standard InChI is InChI=1S/C17H26ClN3/c1-10(2)14-19-12(18)8-13(20-14)21-15-16(3,4)11-6-7-17(15,5)9-11/h8,10-11,15H,6-7,9H2,1-5H3,(H,19,20,21). The Morgan fingerprint density at radius 3 is 2.57 bits per heavy atom. The minimum atomic E-state index is 0.285. The molecule has 1 N–H and O–H groups in total. The first-order valence-electron chi connectivity index (χ1n) is 8.03. The highest BCUT2D eigenvalue weighted by Gasteiger charge is 2.59. The van der Waals surface area contributed by atoms with Gasteiger partial charge in [-0.15, -0.1) is 0 Å². The van der Waals surface area contributed by atoms with Gasteiger partial charge in [0.2, 0.25) is 0 Å². The van der Waals surface area contributed by atoms with Crippen molar-refractivity contribution < 1.29 is 0 Å². The van der Waals surface area contributed by atoms with Crippen LogP contribution in [0.2, 0.25) is 5.15 Å². The lowest BCUT2D eigenvalue weighted by Gasteiger charge is -2.43. The van der Waals surface area contributed by atoms with Crippen LogP contribution in [0.25, 0.3) is 0 Å². The molecule has 3 rings (SSSR count). The quantitative estimate of drug-likeness (QED) is 0.809. The van der Waals surface area contributed by atoms with Crippen molar-refractivity contribution in [2.45, 2.75) is 65.8 Å². The Morgan fingerprint density at radius 1 is 1.29 bits per heavy atom. The van der Waals surface area contributed by atoms with Crippen LogP contribution in [0.15, 0.2) is 6.07 Å². The van der Waals surface area contributed by atoms with Crippen molar-refractivity contribution in [3.63, 3.8) is 0 Å². The van der Waals surface area contributed by atoms with E-state index in [1.807, 2.05) is 6.07 Å². The van der Waals surface area contributed by atoms with Gasteiger partial charge in [0.25, 0.3) is 0 Å². The second-order valence-corrected chi connectivity index (χ2v) is 8.47. The van der Waals surface area contributed by atoms with E-state index >= 15 is 0 Å². The lowest BCUT2D eigenvalue weighted by Crippen LogP contribution is -2.46. The van der Waals surface area contributed by atoms with Crippen LogP contribution in [0.5, 0.6) is 0 Å². The number of hydrogen-bond acceptors (Lipinski definition) is 3. The zero-order valence-electron chi connectivity index (χ0n) is 13.7. The summed E-state index contributed by atoms with van der Waals surface area (Å²) < 4.78 is 0. The summed E-state index contributed by atoms with van der Waals surface area (Å²) in [5, 5.41) is 4.23. The third kappa shape index (κ3) is 2.44. The van der Waals surface area contributed by atoms with E-state index in [1.54, 1.807) is 0 Å². The SMILES string of the molecule is CC(C)c1nc(Cl)cc(NC2C3(C)CCC(C3)C2(C)C)n1. The zero-order valence-corrected chi connectivity index (χ0v) is 14.5. The molecule has 21 heavy (non-hydrogen) atoms. The molecule has 2 aliphatic carbocycles. The van der Waals surface area contributed by atoms with Gasteiger partial charge in [-0.1, -0.05) is 46.2 Å². The predicted molar refractivity (Wildman–Crippen MR) is 87.8 cm³/mol. The molecule has 0 amide bonds. The number of aromatic nitrogens is 2. The molecule has 2 aliphatic rings. The van der Waals surface area contributed by atoms with Gasteiger partial charge in [0.05, 0.1) is 0 Å². The molecule has 0 saturated heterocycles. The van der Waals surface area contributed by atoms with Gasteiger partial charge in [-0.3, -0.25) is 0 Å². The molecule has 0 aliphatic heterocycles. The largest absolute Gasteiger partial charge is 0.366 e. The molecule has 2 saturated carbocycles. The molecule has 0 radical (unpaired) electrons. The number of fused-ring (bicyclic) bond motifs is 2. The van der Waals surface area contributed by atoms with E-state index in [0.717, 1.165) is 17.6 Å². The van der Waals surface area contributed by atoms with Crippen molar-refractivity contribution in [2.75, 3.05) is 5.32 Å². The second-order valence-electron chi connectivity index (χ2n) is 8.08. The van der Waals surface area contributed by atoms with Gasteiger partial charge in [-0.25, -0.2) is 9.97 Å². The maximum atomic E-state index is 6.17. The Balaban J connectivity index is 1.90. The summed E-state index contributed by atoms with van der Waals surface area (Å²) in [6.45, 7) is 11.4. The average Bonchev–Trinajstić information content (AvgIpc) is 2.85. The molecular weight excluding hydrogens is 282 g/mol. The maximum Gasteiger partial charge on any atom is 0.135 e. The topological polar surface area (TPSA) is 37.8 Å². The molecule has 1 heterocycles. The van der Waals surface area contributed by atoms with E-state index in [9.17, 15) is 0 Å². The number of hydrogen-bond donors (Lipinski definition) is 1. The third-order valence-electron chi connectivity index (χ3n) is 5.79. The summed E-state index contributed by atoms with van der Waals surface area (Å²) in [7, 11) is 0. The van der Waals surface area contributed by atoms with E-state index < -0.39 is 0 Å². The normalized spacial score (nSPS) is 33.7. The first-order chi connectivity index (χ1) is 9.72. The van der Waals surface area contributed by atoms with Crippen LogP contribution in [-0.2, 0) is 0 Å². The van der Waals surface area contributed by atoms with Crippen LogP contribution in [0.1, 0.15) is 65.6 Å². The monoisotopic (exact) mass is 307 g/mol. The van der Waals surface area contributed by atoms with Crippen molar-refractivity contribution in [3.8, 4) is 0 Å². The molecule has 2 fully saturated rings. The van der Waals surface area contributed by atoms with Gasteiger partial charge in [-0.2, -0.15) is 0 Å². The highest BCUT2D eigenvalue weighted by molar-refractivity contribution is 6.29. The van der Waals surface area contributed by atoms with Gasteiger partial charge in [0, 0.05) is 18.0 Å². The highest BCUT2D eigenvalue weighted by atomic mass is 35.5. The summed E-state index contributed by atoms with van der Waals surface area (Å²) in [5.41, 5.74) is 0.687. The van der Waals surface area contributed by atoms with Crippen molar-refractivity contribution in [1.29, 1.82) is 0 Å². The summed E-state index contributed by atoms with van der Waals surface area (Å²) in [6.07, 6.45) is 4.01. The van der Waals surface area contributed by atoms with Crippen LogP contribution < -0.4 is 5.32 Å². The number of anilines is 1. The van der Waals surface area contributed by atoms with Crippen molar-refractivity contribution in [2.24, 2.45) is 16.7 Å². The Labute approximate surface area is 132 Å². The van der Waals surface area contributed by atoms with Crippen LogP contribution in [0.4, 0.5) is 5.82 Å². The molecule has 1 aromatic rings. The summed E-state index contributed by atoms with van der Waals surface area (Å²) >= 11 is 6.17. The van der Waals surface area contributed by atoms with E-state index in [2.05, 4.69) is 49.9 Å². The van der Waals surface area contributed by atoms with E-state index in [4.69, 9.17) is 11.6 Å². The summed E-state index contributed by atoms with van der Waals surface area (Å²) in [4.78, 5) is 8.99. The Morgan fingerprint density at radius 2 is 2.00 bits per heavy atom. The molecular formula is C17H26ClN3. The van der Waals surface area contributed by atoms with Gasteiger partial charge in [0.1, 0.15) is 16.8 Å². The van der Waals surface area contributed by atoms with Gasteiger partial charge in [0.15, 0.2) is 0 Å². The van der Waals surface area contributed by atoms with Crippen molar-refractivity contribution >= 4 is 17.4 Å². The van der Waals surface area contributed by atoms with Gasteiger partial charge >= 0.3 is 0 Å². The molecule has 2 bridgehead atoms. The molecule has 4 heteroatoms. The van der Waals surface area contributed by atoms with Crippen LogP contribution in [0, 0.1) is 16.7 Å². The van der Waals surface area contributed by atoms with E-state index in [1.165, 1.54) is 19.3 Å². The van der Waals surface area contributed by atoms with Crippen LogP contribution >= 0.6 is 11.6 Å². The molecule has 3 atom stereocenters. The fourth-order valence-corrected chi connectivity index (χ4v) is 4.77. The van der Waals surface area contributed by atoms with Crippen LogP contribution in [0.3, 0.4) is 0 Å². The number of halogens is 1. The minimum Gasteiger partial charge on any atom is -0.366 e. The second kappa shape index (κ2) is 4.84. The van der Waals surface area contributed by atoms with E-state index in [-0.39, 0.29) is 5.92 Å². The molecule has 116 valence electrons. The van der Waals surface area contributed by atoms with Crippen LogP contribution in [-0.4, -0.2) is 16.0 Å². The zero-order chi connectivity index (χ0) is 15.4. The maximum absolute atomic E-state index is 6.17. The molecule has 0 spiro atoms. The van der Waals surface area contributed by atoms with Gasteiger partial charge < -0.3 is 5.32 Å². The van der Waals surface area contributed by atoms with E-state index in [0.29, 0.717) is 22.0 Å². The Bertz CT molecular complexity index is 550. The fraction of sp³-hybridized carbons (Fsp3) is 0.765. The third-order valence-corrected chi connectivity index (χ3v) is 5.98. The van der Waals surface area contributed by atoms with Crippen molar-refractivity contribution in [1.82, 2.24) is 9.97 Å². The number of nitrogens with one attached hydrogen (secondary N) is 1. The highest BCUT2D eigenvalue weighted by Crippen LogP contribution is 2.63. The average molecular weight is 308 g/mol. The predicted octanol–water partition coefficient (Wildman–Crippen LogP) is 4.88. The molecule has 3 nitrogen and oxygen atoms in total. The minimum absolute atomic E-state index is 0.285. The summed E-state index contributed by atoms with van der Waals surface area (Å²) in [6, 6.07) is 2.31. The first-order valence-corrected chi connectivity index (χ1v) is 8.41. The Kier molecular flexibility index (Phi) is 3.47. The smallest absolute Gasteiger partial charge is 0.135 e. The molecule has 1 aromatic heterocycles. The Hall–Kier alpha value is -0.830. The van der Waals surface area contributed by atoms with Gasteiger partial charge in [-0.05, 0) is 36.0 Å². The van der Waals surface area contributed by atoms with Crippen molar-refractivity contribution in [3.05, 3.63) is 17.0 Å². The fourth-order valence-electron chi connectivity index (χ4n) is 4.58. The molecule has 0 aromatic carbocycles. The number of rotatable bonds is 3. The summed E-state index contributed by atoms with van der Waals surface area (Å²) in [5.74, 6) is 2.80. The first kappa shape index (κ1) is 15.1. The lowest BCUT2D eigenvalue weighted by atomic mass is 9.68.